The van der Waals surface area contributed by atoms with Gasteiger partial charge >= 0.3 is 0 Å². The molecule has 3 aromatic heterocycles. The van der Waals surface area contributed by atoms with Crippen LogP contribution in [0.5, 0.6) is 0 Å². The molecular weight excluding hydrogens is 434 g/mol. The predicted octanol–water partition coefficient (Wildman–Crippen LogP) is 8.12. The molecule has 0 aliphatic heterocycles. The van der Waals surface area contributed by atoms with Crippen LogP contribution in [0.3, 0.4) is 0 Å². The van der Waals surface area contributed by atoms with Crippen LogP contribution < -0.4 is 0 Å². The molecule has 0 N–H and O–H groups in total. The van der Waals surface area contributed by atoms with Crippen LogP contribution >= 0.6 is 11.3 Å². The van der Waals surface area contributed by atoms with Crippen LogP contribution in [0.1, 0.15) is 0 Å². The van der Waals surface area contributed by atoms with Crippen molar-refractivity contribution in [3.05, 3.63) is 115 Å². The highest BCUT2D eigenvalue weighted by atomic mass is 32.1. The Kier molecular flexibility index (Phi) is 4.32. The molecule has 0 aliphatic carbocycles. The number of benzene rings is 4. The Hall–Kier alpha value is -4.28. The van der Waals surface area contributed by atoms with Gasteiger partial charge in [0.25, 0.3) is 0 Å². The summed E-state index contributed by atoms with van der Waals surface area (Å²) in [4.78, 5) is 10.2. The van der Waals surface area contributed by atoms with Crippen molar-refractivity contribution in [2.24, 2.45) is 0 Å². The molecule has 4 heteroatoms. The fraction of sp³-hybridized carbons (Fsp3) is 0. The van der Waals surface area contributed by atoms with Crippen molar-refractivity contribution in [3.8, 4) is 28.5 Å². The van der Waals surface area contributed by atoms with E-state index in [1.54, 1.807) is 11.3 Å². The molecule has 0 atom stereocenters. The third kappa shape index (κ3) is 2.96. The zero-order valence-corrected chi connectivity index (χ0v) is 19.0. The minimum Gasteiger partial charge on any atom is -0.278 e. The fourth-order valence-electron chi connectivity index (χ4n) is 4.78. The highest BCUT2D eigenvalue weighted by Gasteiger charge is 2.18. The van der Waals surface area contributed by atoms with Gasteiger partial charge in [-0.1, -0.05) is 78.9 Å². The SMILES string of the molecule is c1ccc(-c2cc(-c3ccccc3)nc(-n3c4ccccc4c4c5ccsc5ccc43)n2)cc1. The molecule has 0 fully saturated rings. The second kappa shape index (κ2) is 7.65. The van der Waals surface area contributed by atoms with Gasteiger partial charge in [-0.3, -0.25) is 4.57 Å². The minimum absolute atomic E-state index is 0.681. The molecule has 0 bridgehead atoms. The average Bonchev–Trinajstić information content (AvgIpc) is 3.52. The lowest BCUT2D eigenvalue weighted by Crippen LogP contribution is -2.03. The first-order chi connectivity index (χ1) is 16.9. The lowest BCUT2D eigenvalue weighted by molar-refractivity contribution is 0.996. The van der Waals surface area contributed by atoms with Crippen molar-refractivity contribution < 1.29 is 0 Å². The number of fused-ring (bicyclic) bond motifs is 5. The monoisotopic (exact) mass is 453 g/mol. The summed E-state index contributed by atoms with van der Waals surface area (Å²) in [5, 5.41) is 5.91. The molecule has 0 radical (unpaired) electrons. The van der Waals surface area contributed by atoms with Crippen LogP contribution in [0.2, 0.25) is 0 Å². The van der Waals surface area contributed by atoms with Crippen molar-refractivity contribution >= 4 is 43.2 Å². The highest BCUT2D eigenvalue weighted by Crippen LogP contribution is 2.38. The van der Waals surface area contributed by atoms with E-state index in [0.29, 0.717) is 5.95 Å². The van der Waals surface area contributed by atoms with Crippen molar-refractivity contribution in [3.63, 3.8) is 0 Å². The van der Waals surface area contributed by atoms with Crippen LogP contribution in [-0.2, 0) is 0 Å². The molecule has 3 heterocycles. The van der Waals surface area contributed by atoms with E-state index >= 15 is 0 Å². The number of hydrogen-bond acceptors (Lipinski definition) is 3. The zero-order chi connectivity index (χ0) is 22.5. The van der Waals surface area contributed by atoms with Gasteiger partial charge in [0.15, 0.2) is 0 Å². The average molecular weight is 454 g/mol. The van der Waals surface area contributed by atoms with E-state index in [4.69, 9.17) is 9.97 Å². The molecule has 0 spiro atoms. The van der Waals surface area contributed by atoms with Gasteiger partial charge in [0, 0.05) is 32.0 Å². The Balaban J connectivity index is 1.59. The maximum Gasteiger partial charge on any atom is 0.235 e. The quantitative estimate of drug-likeness (QED) is 0.270. The molecule has 0 saturated heterocycles. The Morgan fingerprint density at radius 2 is 1.21 bits per heavy atom. The summed E-state index contributed by atoms with van der Waals surface area (Å²) >= 11 is 1.77. The molecule has 0 saturated carbocycles. The van der Waals surface area contributed by atoms with E-state index in [0.717, 1.165) is 33.5 Å². The van der Waals surface area contributed by atoms with Gasteiger partial charge in [0.05, 0.1) is 22.4 Å². The second-order valence-corrected chi connectivity index (χ2v) is 9.26. The van der Waals surface area contributed by atoms with E-state index < -0.39 is 0 Å². The number of para-hydroxylation sites is 1. The number of rotatable bonds is 3. The first-order valence-corrected chi connectivity index (χ1v) is 12.1. The Labute approximate surface area is 200 Å². The first-order valence-electron chi connectivity index (χ1n) is 11.3. The van der Waals surface area contributed by atoms with E-state index in [9.17, 15) is 0 Å². The molecule has 0 amide bonds. The first kappa shape index (κ1) is 19.2. The normalized spacial score (nSPS) is 11.5. The van der Waals surface area contributed by atoms with Gasteiger partial charge in [-0.2, -0.15) is 0 Å². The molecule has 3 nitrogen and oxygen atoms in total. The second-order valence-electron chi connectivity index (χ2n) is 8.32. The molecule has 0 aliphatic rings. The van der Waals surface area contributed by atoms with Gasteiger partial charge < -0.3 is 0 Å². The largest absolute Gasteiger partial charge is 0.278 e. The van der Waals surface area contributed by atoms with Gasteiger partial charge in [-0.25, -0.2) is 9.97 Å². The molecule has 160 valence electrons. The minimum atomic E-state index is 0.681. The van der Waals surface area contributed by atoms with E-state index in [2.05, 4.69) is 82.7 Å². The van der Waals surface area contributed by atoms with Crippen LogP contribution in [0.15, 0.2) is 115 Å². The van der Waals surface area contributed by atoms with Crippen molar-refractivity contribution in [1.82, 2.24) is 14.5 Å². The summed E-state index contributed by atoms with van der Waals surface area (Å²) in [5.41, 5.74) is 6.20. The summed E-state index contributed by atoms with van der Waals surface area (Å²) in [6.45, 7) is 0. The molecule has 7 rings (SSSR count). The predicted molar refractivity (Wildman–Crippen MR) is 143 cm³/mol. The number of thiophene rings is 1. The Morgan fingerprint density at radius 1 is 0.559 bits per heavy atom. The highest BCUT2D eigenvalue weighted by molar-refractivity contribution is 7.17. The van der Waals surface area contributed by atoms with E-state index in [1.807, 2.05) is 36.4 Å². The van der Waals surface area contributed by atoms with Crippen molar-refractivity contribution in [2.75, 3.05) is 0 Å². The lowest BCUT2D eigenvalue weighted by atomic mass is 10.1. The number of nitrogens with zero attached hydrogens (tertiary/aromatic N) is 3. The molecule has 0 unspecified atom stereocenters. The van der Waals surface area contributed by atoms with Gasteiger partial charge in [-0.05, 0) is 35.7 Å². The summed E-state index contributed by atoms with van der Waals surface area (Å²) in [7, 11) is 0. The maximum atomic E-state index is 5.09. The number of hydrogen-bond donors (Lipinski definition) is 0. The maximum absolute atomic E-state index is 5.09. The van der Waals surface area contributed by atoms with Crippen molar-refractivity contribution in [1.29, 1.82) is 0 Å². The Bertz CT molecular complexity index is 1740. The van der Waals surface area contributed by atoms with Crippen LogP contribution in [0.4, 0.5) is 0 Å². The van der Waals surface area contributed by atoms with Gasteiger partial charge in [0.2, 0.25) is 5.95 Å². The zero-order valence-electron chi connectivity index (χ0n) is 18.2. The molecule has 4 aromatic carbocycles. The summed E-state index contributed by atoms with van der Waals surface area (Å²) in [6, 6.07) is 37.9. The van der Waals surface area contributed by atoms with Gasteiger partial charge in [-0.15, -0.1) is 11.3 Å². The van der Waals surface area contributed by atoms with Gasteiger partial charge in [0.1, 0.15) is 0 Å². The van der Waals surface area contributed by atoms with E-state index in [-0.39, 0.29) is 0 Å². The number of aromatic nitrogens is 3. The molecule has 7 aromatic rings. The molecular formula is C30H19N3S. The van der Waals surface area contributed by atoms with Crippen LogP contribution in [0, 0.1) is 0 Å². The van der Waals surface area contributed by atoms with E-state index in [1.165, 1.54) is 20.9 Å². The fourth-order valence-corrected chi connectivity index (χ4v) is 5.57. The summed E-state index contributed by atoms with van der Waals surface area (Å²) < 4.78 is 3.50. The summed E-state index contributed by atoms with van der Waals surface area (Å²) in [6.07, 6.45) is 0. The van der Waals surface area contributed by atoms with Crippen LogP contribution in [0.25, 0.3) is 60.4 Å². The smallest absolute Gasteiger partial charge is 0.235 e. The lowest BCUT2D eigenvalue weighted by Gasteiger charge is -2.11. The van der Waals surface area contributed by atoms with Crippen molar-refractivity contribution in [2.45, 2.75) is 0 Å². The topological polar surface area (TPSA) is 30.7 Å². The molecule has 34 heavy (non-hydrogen) atoms. The summed E-state index contributed by atoms with van der Waals surface area (Å²) in [5.74, 6) is 0.681. The van der Waals surface area contributed by atoms with Crippen LogP contribution in [-0.4, -0.2) is 14.5 Å². The third-order valence-corrected chi connectivity index (χ3v) is 7.20. The third-order valence-electron chi connectivity index (χ3n) is 6.32. The standard InChI is InChI=1S/C30H19N3S/c1-3-9-20(10-4-1)24-19-25(21-11-5-2-6-12-21)32-30(31-24)33-26-14-8-7-13-22(26)29-23-17-18-34-28(23)16-15-27(29)33/h1-19H. The Morgan fingerprint density at radius 3 is 1.91 bits per heavy atom.